The van der Waals surface area contributed by atoms with Gasteiger partial charge in [0.2, 0.25) is 0 Å². The van der Waals surface area contributed by atoms with Gasteiger partial charge >= 0.3 is 11.9 Å². The molecule has 0 saturated carbocycles. The zero-order chi connectivity index (χ0) is 13.7. The van der Waals surface area contributed by atoms with Crippen molar-refractivity contribution in [2.75, 3.05) is 0 Å². The zero-order valence-corrected chi connectivity index (χ0v) is 10.4. The van der Waals surface area contributed by atoms with Gasteiger partial charge in [-0.1, -0.05) is 25.5 Å². The average Bonchev–Trinajstić information content (AvgIpc) is 2.28. The topological polar surface area (TPSA) is 74.6 Å². The Morgan fingerprint density at radius 1 is 1.28 bits per heavy atom. The smallest absolute Gasteiger partial charge is 0.335 e. The van der Waals surface area contributed by atoms with Gasteiger partial charge in [-0.3, -0.25) is 0 Å². The lowest BCUT2D eigenvalue weighted by Crippen LogP contribution is -2.01. The highest BCUT2D eigenvalue weighted by atomic mass is 16.4. The van der Waals surface area contributed by atoms with Gasteiger partial charge in [-0.2, -0.15) is 0 Å². The van der Waals surface area contributed by atoms with Crippen LogP contribution in [0.25, 0.3) is 5.57 Å². The van der Waals surface area contributed by atoms with E-state index in [4.69, 9.17) is 10.2 Å². The van der Waals surface area contributed by atoms with Crippen LogP contribution in [0.2, 0.25) is 0 Å². The Hall–Kier alpha value is -2.10. The number of allylic oxidation sites excluding steroid dienone is 1. The monoisotopic (exact) mass is 248 g/mol. The van der Waals surface area contributed by atoms with Crippen LogP contribution in [0.3, 0.4) is 0 Å². The molecule has 0 saturated heterocycles. The molecule has 0 atom stereocenters. The molecule has 0 fully saturated rings. The molecule has 0 radical (unpaired) electrons. The molecule has 1 aromatic rings. The number of rotatable bonds is 5. The minimum absolute atomic E-state index is 0.208. The Balaban J connectivity index is 3.25. The number of carbonyl (C=O) groups is 2. The van der Waals surface area contributed by atoms with Crippen molar-refractivity contribution in [2.45, 2.75) is 26.7 Å². The predicted octanol–water partition coefficient (Wildman–Crippen LogP) is 2.96. The third-order valence-corrected chi connectivity index (χ3v) is 2.66. The molecule has 0 unspecified atom stereocenters. The van der Waals surface area contributed by atoms with Crippen molar-refractivity contribution in [3.05, 3.63) is 41.0 Å². The Morgan fingerprint density at radius 2 is 1.94 bits per heavy atom. The molecule has 4 nitrogen and oxygen atoms in total. The highest BCUT2D eigenvalue weighted by Crippen LogP contribution is 2.22. The third-order valence-electron chi connectivity index (χ3n) is 2.66. The Kier molecular flexibility index (Phi) is 4.66. The van der Waals surface area contributed by atoms with Gasteiger partial charge in [-0.05, 0) is 36.1 Å². The van der Waals surface area contributed by atoms with Crippen LogP contribution in [-0.2, 0) is 4.79 Å². The van der Waals surface area contributed by atoms with Crippen LogP contribution in [0.4, 0.5) is 0 Å². The molecular weight excluding hydrogens is 232 g/mol. The van der Waals surface area contributed by atoms with Crippen LogP contribution in [0, 0.1) is 6.92 Å². The molecule has 0 aromatic heterocycles. The highest BCUT2D eigenvalue weighted by Gasteiger charge is 2.10. The van der Waals surface area contributed by atoms with Crippen LogP contribution < -0.4 is 0 Å². The van der Waals surface area contributed by atoms with Gasteiger partial charge in [0.05, 0.1) is 5.56 Å². The lowest BCUT2D eigenvalue weighted by Gasteiger charge is -2.08. The van der Waals surface area contributed by atoms with E-state index in [0.29, 0.717) is 23.1 Å². The molecule has 4 heteroatoms. The second-order valence-electron chi connectivity index (χ2n) is 4.09. The van der Waals surface area contributed by atoms with Gasteiger partial charge in [0.25, 0.3) is 0 Å². The third kappa shape index (κ3) is 3.45. The summed E-state index contributed by atoms with van der Waals surface area (Å²) in [6, 6.07) is 4.98. The zero-order valence-electron chi connectivity index (χ0n) is 10.4. The van der Waals surface area contributed by atoms with Crippen molar-refractivity contribution in [1.29, 1.82) is 0 Å². The summed E-state index contributed by atoms with van der Waals surface area (Å²) in [5, 5.41) is 17.9. The molecule has 0 heterocycles. The van der Waals surface area contributed by atoms with E-state index in [2.05, 4.69) is 0 Å². The number of carboxylic acid groups (broad SMARTS) is 2. The fourth-order valence-electron chi connectivity index (χ4n) is 1.77. The summed E-state index contributed by atoms with van der Waals surface area (Å²) in [6.45, 7) is 3.66. The first-order valence-corrected chi connectivity index (χ1v) is 5.73. The highest BCUT2D eigenvalue weighted by molar-refractivity contribution is 5.93. The van der Waals surface area contributed by atoms with E-state index in [9.17, 15) is 9.59 Å². The number of aromatic carboxylic acids is 1. The van der Waals surface area contributed by atoms with Gasteiger partial charge in [-0.15, -0.1) is 0 Å². The van der Waals surface area contributed by atoms with Crippen LogP contribution >= 0.6 is 0 Å². The second kappa shape index (κ2) is 6.00. The average molecular weight is 248 g/mol. The van der Waals surface area contributed by atoms with E-state index in [1.54, 1.807) is 19.1 Å². The van der Waals surface area contributed by atoms with Crippen LogP contribution in [-0.4, -0.2) is 22.2 Å². The standard InChI is InChI=1S/C14H16O4/c1-3-4-10(8-13(15)16)11-6-5-9(2)12(7-11)14(17)18/h5-8H,3-4H2,1-2H3,(H,15,16)(H,17,18)/b10-8+. The first-order valence-electron chi connectivity index (χ1n) is 5.73. The van der Waals surface area contributed by atoms with E-state index >= 15 is 0 Å². The summed E-state index contributed by atoms with van der Waals surface area (Å²) in [5.74, 6) is -2.02. The molecule has 0 bridgehead atoms. The number of aryl methyl sites for hydroxylation is 1. The summed E-state index contributed by atoms with van der Waals surface area (Å²) in [4.78, 5) is 21.8. The summed E-state index contributed by atoms with van der Waals surface area (Å²) in [6.07, 6.45) is 2.55. The lowest BCUT2D eigenvalue weighted by atomic mass is 9.97. The maximum atomic E-state index is 11.0. The summed E-state index contributed by atoms with van der Waals surface area (Å²) in [5.41, 5.74) is 2.17. The molecule has 0 amide bonds. The van der Waals surface area contributed by atoms with Gasteiger partial charge in [0.15, 0.2) is 0 Å². The van der Waals surface area contributed by atoms with E-state index < -0.39 is 11.9 Å². The molecule has 2 N–H and O–H groups in total. The Morgan fingerprint density at radius 3 is 2.44 bits per heavy atom. The quantitative estimate of drug-likeness (QED) is 0.785. The molecule has 96 valence electrons. The maximum Gasteiger partial charge on any atom is 0.335 e. The van der Waals surface area contributed by atoms with Gasteiger partial charge < -0.3 is 10.2 Å². The molecular formula is C14H16O4. The van der Waals surface area contributed by atoms with E-state index in [1.807, 2.05) is 6.92 Å². The minimum Gasteiger partial charge on any atom is -0.478 e. The maximum absolute atomic E-state index is 11.0. The fraction of sp³-hybridized carbons (Fsp3) is 0.286. The van der Waals surface area contributed by atoms with Crippen LogP contribution in [0.1, 0.15) is 41.3 Å². The molecule has 1 rings (SSSR count). The van der Waals surface area contributed by atoms with E-state index in [0.717, 1.165) is 12.5 Å². The number of hydrogen-bond donors (Lipinski definition) is 2. The van der Waals surface area contributed by atoms with Crippen molar-refractivity contribution < 1.29 is 19.8 Å². The van der Waals surface area contributed by atoms with Crippen molar-refractivity contribution >= 4 is 17.5 Å². The lowest BCUT2D eigenvalue weighted by molar-refractivity contribution is -0.131. The SMILES string of the molecule is CCC/C(=C\C(=O)O)c1ccc(C)c(C(=O)O)c1. The molecule has 18 heavy (non-hydrogen) atoms. The van der Waals surface area contributed by atoms with Gasteiger partial charge in [-0.25, -0.2) is 9.59 Å². The summed E-state index contributed by atoms with van der Waals surface area (Å²) in [7, 11) is 0. The first-order chi connectivity index (χ1) is 8.45. The molecule has 0 aliphatic heterocycles. The Labute approximate surface area is 106 Å². The minimum atomic E-state index is -1.02. The van der Waals surface area contributed by atoms with E-state index in [-0.39, 0.29) is 5.56 Å². The number of hydrogen-bond acceptors (Lipinski definition) is 2. The predicted molar refractivity (Wildman–Crippen MR) is 68.7 cm³/mol. The number of carboxylic acids is 2. The van der Waals surface area contributed by atoms with E-state index in [1.165, 1.54) is 6.07 Å². The normalized spacial score (nSPS) is 11.3. The molecule has 0 aliphatic rings. The summed E-state index contributed by atoms with van der Waals surface area (Å²) < 4.78 is 0. The summed E-state index contributed by atoms with van der Waals surface area (Å²) >= 11 is 0. The van der Waals surface area contributed by atoms with Crippen molar-refractivity contribution in [3.8, 4) is 0 Å². The van der Waals surface area contributed by atoms with Crippen molar-refractivity contribution in [1.82, 2.24) is 0 Å². The van der Waals surface area contributed by atoms with Crippen molar-refractivity contribution in [3.63, 3.8) is 0 Å². The van der Waals surface area contributed by atoms with Crippen molar-refractivity contribution in [2.24, 2.45) is 0 Å². The van der Waals surface area contributed by atoms with Gasteiger partial charge in [0.1, 0.15) is 0 Å². The number of aliphatic carboxylic acids is 1. The number of benzene rings is 1. The molecule has 0 spiro atoms. The van der Waals surface area contributed by atoms with Gasteiger partial charge in [0, 0.05) is 6.08 Å². The second-order valence-corrected chi connectivity index (χ2v) is 4.09. The first kappa shape index (κ1) is 14.0. The Bertz CT molecular complexity index is 501. The fourth-order valence-corrected chi connectivity index (χ4v) is 1.77. The van der Waals surface area contributed by atoms with Crippen LogP contribution in [0.15, 0.2) is 24.3 Å². The largest absolute Gasteiger partial charge is 0.478 e. The molecule has 0 aliphatic carbocycles. The van der Waals surface area contributed by atoms with Crippen LogP contribution in [0.5, 0.6) is 0 Å². The molecule has 1 aromatic carbocycles.